The molecule has 0 spiro atoms. The average Bonchev–Trinajstić information content (AvgIpc) is 3.56. The minimum Gasteiger partial charge on any atom is -0.337 e. The second kappa shape index (κ2) is 12.9. The molecule has 2 bridgehead atoms. The van der Waals surface area contributed by atoms with E-state index in [1.165, 1.54) is 11.1 Å². The molecule has 2 N–H and O–H groups in total. The van der Waals surface area contributed by atoms with Crippen LogP contribution in [-0.4, -0.2) is 43.7 Å². The second-order valence-corrected chi connectivity index (χ2v) is 13.8. The number of carbonyl (C=O) groups excluding carboxylic acids is 2. The van der Waals surface area contributed by atoms with Crippen molar-refractivity contribution in [2.24, 2.45) is 5.92 Å². The fourth-order valence-electron chi connectivity index (χ4n) is 6.85. The number of nitrogens with zero attached hydrogens (tertiary/aromatic N) is 4. The molecule has 4 heterocycles. The quantitative estimate of drug-likeness (QED) is 0.218. The zero-order chi connectivity index (χ0) is 31.6. The van der Waals surface area contributed by atoms with Gasteiger partial charge in [-0.3, -0.25) is 15.1 Å². The molecule has 2 aromatic carbocycles. The van der Waals surface area contributed by atoms with E-state index in [0.717, 1.165) is 61.2 Å². The van der Waals surface area contributed by atoms with Gasteiger partial charge in [0, 0.05) is 48.1 Å². The number of fused-ring (bicyclic) bond motifs is 2. The Morgan fingerprint density at radius 2 is 1.62 bits per heavy atom. The first kappa shape index (κ1) is 30.6. The van der Waals surface area contributed by atoms with Gasteiger partial charge < -0.3 is 10.2 Å². The van der Waals surface area contributed by atoms with Gasteiger partial charge >= 0.3 is 6.03 Å². The van der Waals surface area contributed by atoms with Crippen LogP contribution in [0.3, 0.4) is 0 Å². The molecule has 2 saturated heterocycles. The number of pyridine rings is 1. The number of carbonyl (C=O) groups is 2. The molecule has 0 saturated carbocycles. The van der Waals surface area contributed by atoms with Gasteiger partial charge in [-0.1, -0.05) is 56.7 Å². The number of piperidine rings is 1. The standard InChI is InChI=1S/C37H44N6O2/c1-25-7-14-30(15-8-25)43-34(23-33(41-43)37(2,3)4)40-36(45)39-29-12-9-26(10-13-29)20-28-21-31-16-17-32(22-28)42(31)35(44)18-11-27-6-5-19-38-24-27/h5-10,12-15,19,23-24,28,31-32H,11,16-18,20-22H2,1-4H3,(H2,39,40,45). The van der Waals surface area contributed by atoms with E-state index < -0.39 is 0 Å². The highest BCUT2D eigenvalue weighted by atomic mass is 16.2. The Morgan fingerprint density at radius 1 is 0.911 bits per heavy atom. The molecule has 2 aromatic heterocycles. The van der Waals surface area contributed by atoms with Crippen LogP contribution in [0.2, 0.25) is 0 Å². The van der Waals surface area contributed by atoms with Crippen molar-refractivity contribution in [1.29, 1.82) is 0 Å². The third-order valence-corrected chi connectivity index (χ3v) is 9.20. The van der Waals surface area contributed by atoms with Gasteiger partial charge in [-0.25, -0.2) is 9.48 Å². The summed E-state index contributed by atoms with van der Waals surface area (Å²) in [5.74, 6) is 1.47. The first-order valence-corrected chi connectivity index (χ1v) is 16.2. The number of rotatable bonds is 8. The van der Waals surface area contributed by atoms with E-state index in [2.05, 4.69) is 53.4 Å². The molecular formula is C37H44N6O2. The first-order chi connectivity index (χ1) is 21.6. The molecule has 0 aliphatic carbocycles. The summed E-state index contributed by atoms with van der Waals surface area (Å²) in [4.78, 5) is 32.6. The van der Waals surface area contributed by atoms with Gasteiger partial charge in [0.15, 0.2) is 0 Å². The first-order valence-electron chi connectivity index (χ1n) is 16.2. The summed E-state index contributed by atoms with van der Waals surface area (Å²) in [5, 5.41) is 10.8. The molecule has 234 valence electrons. The second-order valence-electron chi connectivity index (χ2n) is 13.8. The van der Waals surface area contributed by atoms with E-state index in [9.17, 15) is 9.59 Å². The normalized spacial score (nSPS) is 19.4. The lowest BCUT2D eigenvalue weighted by Crippen LogP contribution is -2.47. The molecule has 2 atom stereocenters. The summed E-state index contributed by atoms with van der Waals surface area (Å²) in [6, 6.07) is 22.6. The summed E-state index contributed by atoms with van der Waals surface area (Å²) < 4.78 is 1.79. The van der Waals surface area contributed by atoms with Crippen molar-refractivity contribution < 1.29 is 9.59 Å². The molecule has 4 aromatic rings. The smallest absolute Gasteiger partial charge is 0.324 e. The van der Waals surface area contributed by atoms with Crippen LogP contribution in [0.25, 0.3) is 5.69 Å². The van der Waals surface area contributed by atoms with E-state index in [1.807, 2.05) is 67.7 Å². The SMILES string of the molecule is Cc1ccc(-n2nc(C(C)(C)C)cc2NC(=O)Nc2ccc(CC3CC4CCC(C3)N4C(=O)CCc3cccnc3)cc2)cc1. The van der Waals surface area contributed by atoms with Crippen molar-refractivity contribution >= 4 is 23.4 Å². The van der Waals surface area contributed by atoms with Crippen molar-refractivity contribution in [3.05, 3.63) is 102 Å². The third-order valence-electron chi connectivity index (χ3n) is 9.20. The van der Waals surface area contributed by atoms with Crippen molar-refractivity contribution in [1.82, 2.24) is 19.7 Å². The van der Waals surface area contributed by atoms with E-state index in [4.69, 9.17) is 5.10 Å². The predicted molar refractivity (Wildman–Crippen MR) is 179 cm³/mol. The van der Waals surface area contributed by atoms with Crippen molar-refractivity contribution in [2.75, 3.05) is 10.6 Å². The van der Waals surface area contributed by atoms with Crippen molar-refractivity contribution in [3.63, 3.8) is 0 Å². The number of benzene rings is 2. The zero-order valence-corrected chi connectivity index (χ0v) is 26.8. The molecule has 3 amide bonds. The maximum Gasteiger partial charge on any atom is 0.324 e. The lowest BCUT2D eigenvalue weighted by molar-refractivity contribution is -0.136. The van der Waals surface area contributed by atoms with E-state index >= 15 is 0 Å². The van der Waals surface area contributed by atoms with Crippen LogP contribution in [0.15, 0.2) is 79.1 Å². The molecule has 2 unspecified atom stereocenters. The predicted octanol–water partition coefficient (Wildman–Crippen LogP) is 7.46. The third kappa shape index (κ3) is 7.27. The Bertz CT molecular complexity index is 1610. The van der Waals surface area contributed by atoms with Crippen molar-refractivity contribution in [3.8, 4) is 5.69 Å². The molecule has 2 aliphatic heterocycles. The van der Waals surface area contributed by atoms with Gasteiger partial charge in [-0.15, -0.1) is 0 Å². The van der Waals surface area contributed by atoms with Crippen LogP contribution in [0.1, 0.15) is 75.3 Å². The summed E-state index contributed by atoms with van der Waals surface area (Å²) >= 11 is 0. The Hall–Kier alpha value is -4.46. The molecule has 2 fully saturated rings. The molecule has 8 heteroatoms. The Balaban J connectivity index is 1.03. The molecule has 6 rings (SSSR count). The number of anilines is 2. The van der Waals surface area contributed by atoms with E-state index in [-0.39, 0.29) is 17.4 Å². The number of aryl methyl sites for hydroxylation is 2. The minimum atomic E-state index is -0.311. The minimum absolute atomic E-state index is 0.162. The fraction of sp³-hybridized carbons (Fsp3) is 0.405. The average molecular weight is 605 g/mol. The molecule has 45 heavy (non-hydrogen) atoms. The number of nitrogens with one attached hydrogen (secondary N) is 2. The fourth-order valence-corrected chi connectivity index (χ4v) is 6.85. The van der Waals surface area contributed by atoms with Gasteiger partial charge in [0.25, 0.3) is 0 Å². The summed E-state index contributed by atoms with van der Waals surface area (Å²) in [5.41, 5.74) is 5.91. The van der Waals surface area contributed by atoms with Crippen LogP contribution in [0, 0.1) is 12.8 Å². The summed E-state index contributed by atoms with van der Waals surface area (Å²) in [6.07, 6.45) is 10.2. The van der Waals surface area contributed by atoms with E-state index in [0.29, 0.717) is 30.2 Å². The van der Waals surface area contributed by atoms with Crippen LogP contribution in [0.5, 0.6) is 0 Å². The van der Waals surface area contributed by atoms with Crippen LogP contribution in [-0.2, 0) is 23.1 Å². The highest BCUT2D eigenvalue weighted by Gasteiger charge is 2.42. The number of aromatic nitrogens is 3. The summed E-state index contributed by atoms with van der Waals surface area (Å²) in [6.45, 7) is 8.38. The van der Waals surface area contributed by atoms with E-state index in [1.54, 1.807) is 10.9 Å². The van der Waals surface area contributed by atoms with Crippen LogP contribution >= 0.6 is 0 Å². The highest BCUT2D eigenvalue weighted by molar-refractivity contribution is 5.99. The van der Waals surface area contributed by atoms with Crippen molar-refractivity contribution in [2.45, 2.75) is 90.1 Å². The Kier molecular flexibility index (Phi) is 8.74. The van der Waals surface area contributed by atoms with Gasteiger partial charge in [-0.05, 0) is 92.8 Å². The maximum atomic E-state index is 13.1. The lowest BCUT2D eigenvalue weighted by Gasteiger charge is -2.39. The Morgan fingerprint density at radius 3 is 2.27 bits per heavy atom. The maximum absolute atomic E-state index is 13.1. The van der Waals surface area contributed by atoms with Crippen LogP contribution in [0.4, 0.5) is 16.3 Å². The van der Waals surface area contributed by atoms with Gasteiger partial charge in [-0.2, -0.15) is 5.10 Å². The monoisotopic (exact) mass is 604 g/mol. The lowest BCUT2D eigenvalue weighted by atomic mass is 9.85. The Labute approximate surface area is 266 Å². The van der Waals surface area contributed by atoms with Gasteiger partial charge in [0.05, 0.1) is 11.4 Å². The molecule has 2 aliphatic rings. The number of hydrogen-bond acceptors (Lipinski definition) is 4. The number of amides is 3. The molecule has 8 nitrogen and oxygen atoms in total. The molecule has 0 radical (unpaired) electrons. The topological polar surface area (TPSA) is 92.2 Å². The largest absolute Gasteiger partial charge is 0.337 e. The number of hydrogen-bond donors (Lipinski definition) is 2. The van der Waals surface area contributed by atoms with Gasteiger partial charge in [0.1, 0.15) is 5.82 Å². The zero-order valence-electron chi connectivity index (χ0n) is 26.8. The van der Waals surface area contributed by atoms with Crippen LogP contribution < -0.4 is 10.6 Å². The molecular weight excluding hydrogens is 560 g/mol. The van der Waals surface area contributed by atoms with Gasteiger partial charge in [0.2, 0.25) is 5.91 Å². The number of urea groups is 1. The summed E-state index contributed by atoms with van der Waals surface area (Å²) in [7, 11) is 0. The highest BCUT2D eigenvalue weighted by Crippen LogP contribution is 2.40.